The molecule has 5 heteroatoms. The molecule has 0 radical (unpaired) electrons. The van der Waals surface area contributed by atoms with Crippen LogP contribution in [0.3, 0.4) is 0 Å². The molecule has 0 fully saturated rings. The van der Waals surface area contributed by atoms with Crippen molar-refractivity contribution in [1.82, 2.24) is 15.6 Å². The Morgan fingerprint density at radius 3 is 2.75 bits per heavy atom. The molecule has 1 aliphatic rings. The summed E-state index contributed by atoms with van der Waals surface area (Å²) in [5.74, 6) is 2.38. The fourth-order valence-electron chi connectivity index (χ4n) is 2.69. The molecule has 0 bridgehead atoms. The summed E-state index contributed by atoms with van der Waals surface area (Å²) in [6.45, 7) is 10.6. The Bertz CT molecular complexity index is 566. The molecule has 134 valence electrons. The molecule has 1 aliphatic carbocycles. The average molecular weight is 332 g/mol. The third-order valence-corrected chi connectivity index (χ3v) is 4.13. The van der Waals surface area contributed by atoms with Crippen LogP contribution in [0, 0.1) is 0 Å². The summed E-state index contributed by atoms with van der Waals surface area (Å²) in [6, 6.07) is 0. The number of oxazole rings is 1. The van der Waals surface area contributed by atoms with E-state index in [1.807, 2.05) is 0 Å². The molecule has 1 heterocycles. The van der Waals surface area contributed by atoms with Gasteiger partial charge in [-0.25, -0.2) is 9.98 Å². The summed E-state index contributed by atoms with van der Waals surface area (Å²) in [4.78, 5) is 8.91. The lowest BCUT2D eigenvalue weighted by Crippen LogP contribution is -2.37. The minimum atomic E-state index is -0.0224. The van der Waals surface area contributed by atoms with Crippen LogP contribution in [0.25, 0.3) is 0 Å². The second-order valence-electron chi connectivity index (χ2n) is 7.35. The number of aliphatic imine (C=N–C) groups is 1. The molecule has 0 saturated carbocycles. The SMILES string of the molecule is CCNC(=NCc1ncc(C(C)(C)C)o1)NCCC1=CCCCC1. The smallest absolute Gasteiger partial charge is 0.216 e. The highest BCUT2D eigenvalue weighted by molar-refractivity contribution is 5.79. The number of aromatic nitrogens is 1. The highest BCUT2D eigenvalue weighted by atomic mass is 16.4. The maximum Gasteiger partial charge on any atom is 0.216 e. The molecule has 0 aliphatic heterocycles. The monoisotopic (exact) mass is 332 g/mol. The largest absolute Gasteiger partial charge is 0.443 e. The normalized spacial score (nSPS) is 16.0. The molecule has 2 rings (SSSR count). The van der Waals surface area contributed by atoms with E-state index in [1.54, 1.807) is 11.8 Å². The van der Waals surface area contributed by atoms with Gasteiger partial charge >= 0.3 is 0 Å². The first-order valence-corrected chi connectivity index (χ1v) is 9.14. The summed E-state index contributed by atoms with van der Waals surface area (Å²) in [7, 11) is 0. The fourth-order valence-corrected chi connectivity index (χ4v) is 2.69. The lowest BCUT2D eigenvalue weighted by molar-refractivity contribution is 0.383. The van der Waals surface area contributed by atoms with Gasteiger partial charge in [0, 0.05) is 18.5 Å². The van der Waals surface area contributed by atoms with E-state index in [4.69, 9.17) is 4.42 Å². The Morgan fingerprint density at radius 1 is 1.29 bits per heavy atom. The lowest BCUT2D eigenvalue weighted by atomic mass is 9.94. The van der Waals surface area contributed by atoms with Gasteiger partial charge in [0.05, 0.1) is 6.20 Å². The number of allylic oxidation sites excluding steroid dienone is 1. The van der Waals surface area contributed by atoms with Crippen molar-refractivity contribution in [1.29, 1.82) is 0 Å². The predicted molar refractivity (Wildman–Crippen MR) is 99.2 cm³/mol. The second-order valence-corrected chi connectivity index (χ2v) is 7.35. The van der Waals surface area contributed by atoms with Crippen molar-refractivity contribution in [2.45, 2.75) is 71.8 Å². The van der Waals surface area contributed by atoms with Crippen molar-refractivity contribution in [3.8, 4) is 0 Å². The second kappa shape index (κ2) is 8.90. The van der Waals surface area contributed by atoms with Gasteiger partial charge in [-0.1, -0.05) is 32.4 Å². The molecule has 0 atom stereocenters. The Hall–Kier alpha value is -1.78. The van der Waals surface area contributed by atoms with E-state index >= 15 is 0 Å². The van der Waals surface area contributed by atoms with Gasteiger partial charge in [0.15, 0.2) is 5.96 Å². The fraction of sp³-hybridized carbons (Fsp3) is 0.684. The van der Waals surface area contributed by atoms with Gasteiger partial charge < -0.3 is 15.1 Å². The molecule has 2 N–H and O–H groups in total. The first-order chi connectivity index (χ1) is 11.5. The van der Waals surface area contributed by atoms with Crippen molar-refractivity contribution < 1.29 is 4.42 Å². The zero-order valence-electron chi connectivity index (χ0n) is 15.6. The number of guanidine groups is 1. The molecule has 5 nitrogen and oxygen atoms in total. The summed E-state index contributed by atoms with van der Waals surface area (Å²) in [5.41, 5.74) is 1.55. The molecule has 24 heavy (non-hydrogen) atoms. The van der Waals surface area contributed by atoms with Gasteiger partial charge in [-0.05, 0) is 39.0 Å². The van der Waals surface area contributed by atoms with Crippen LogP contribution < -0.4 is 10.6 Å². The van der Waals surface area contributed by atoms with Crippen LogP contribution in [0.15, 0.2) is 27.3 Å². The molecule has 0 aromatic carbocycles. The van der Waals surface area contributed by atoms with Crippen molar-refractivity contribution in [3.05, 3.63) is 29.5 Å². The van der Waals surface area contributed by atoms with Crippen LogP contribution in [0.1, 0.15) is 71.5 Å². The molecular formula is C19H32N4O. The van der Waals surface area contributed by atoms with E-state index < -0.39 is 0 Å². The number of rotatable bonds is 6. The van der Waals surface area contributed by atoms with E-state index in [-0.39, 0.29) is 5.41 Å². The topological polar surface area (TPSA) is 62.5 Å². The van der Waals surface area contributed by atoms with E-state index in [0.29, 0.717) is 12.4 Å². The summed E-state index contributed by atoms with van der Waals surface area (Å²) >= 11 is 0. The molecule has 0 amide bonds. The van der Waals surface area contributed by atoms with E-state index in [1.165, 1.54) is 25.7 Å². The molecule has 0 unspecified atom stereocenters. The number of hydrogen-bond donors (Lipinski definition) is 2. The average Bonchev–Trinajstić information content (AvgIpc) is 3.03. The van der Waals surface area contributed by atoms with Crippen LogP contribution in [-0.2, 0) is 12.0 Å². The zero-order chi connectivity index (χ0) is 17.4. The first kappa shape index (κ1) is 18.6. The van der Waals surface area contributed by atoms with Crippen LogP contribution in [-0.4, -0.2) is 24.0 Å². The lowest BCUT2D eigenvalue weighted by Gasteiger charge is -2.15. The van der Waals surface area contributed by atoms with Gasteiger partial charge in [-0.2, -0.15) is 0 Å². The number of hydrogen-bond acceptors (Lipinski definition) is 3. The van der Waals surface area contributed by atoms with Crippen LogP contribution in [0.2, 0.25) is 0 Å². The van der Waals surface area contributed by atoms with Crippen molar-refractivity contribution in [2.24, 2.45) is 4.99 Å². The maximum absolute atomic E-state index is 5.79. The Morgan fingerprint density at radius 2 is 2.12 bits per heavy atom. The van der Waals surface area contributed by atoms with Gasteiger partial charge in [0.2, 0.25) is 5.89 Å². The number of nitrogens with zero attached hydrogens (tertiary/aromatic N) is 2. The Labute approximate surface area is 146 Å². The Balaban J connectivity index is 1.85. The van der Waals surface area contributed by atoms with Gasteiger partial charge in [-0.15, -0.1) is 0 Å². The highest BCUT2D eigenvalue weighted by Gasteiger charge is 2.19. The molecule has 1 aromatic heterocycles. The molecule has 0 saturated heterocycles. The van der Waals surface area contributed by atoms with Crippen LogP contribution >= 0.6 is 0 Å². The van der Waals surface area contributed by atoms with E-state index in [2.05, 4.69) is 54.4 Å². The Kier molecular flexibility index (Phi) is 6.88. The van der Waals surface area contributed by atoms with E-state index in [9.17, 15) is 0 Å². The van der Waals surface area contributed by atoms with Gasteiger partial charge in [0.1, 0.15) is 12.3 Å². The van der Waals surface area contributed by atoms with Crippen molar-refractivity contribution in [3.63, 3.8) is 0 Å². The summed E-state index contributed by atoms with van der Waals surface area (Å²) in [6.07, 6.45) is 10.5. The zero-order valence-corrected chi connectivity index (χ0v) is 15.6. The van der Waals surface area contributed by atoms with E-state index in [0.717, 1.165) is 31.2 Å². The molecule has 0 spiro atoms. The number of nitrogens with one attached hydrogen (secondary N) is 2. The third kappa shape index (κ3) is 6.02. The highest BCUT2D eigenvalue weighted by Crippen LogP contribution is 2.22. The van der Waals surface area contributed by atoms with Gasteiger partial charge in [0.25, 0.3) is 0 Å². The quantitative estimate of drug-likeness (QED) is 0.471. The third-order valence-electron chi connectivity index (χ3n) is 4.13. The summed E-state index contributed by atoms with van der Waals surface area (Å²) < 4.78 is 5.79. The maximum atomic E-state index is 5.79. The van der Waals surface area contributed by atoms with Gasteiger partial charge in [-0.3, -0.25) is 0 Å². The van der Waals surface area contributed by atoms with Crippen LogP contribution in [0.5, 0.6) is 0 Å². The van der Waals surface area contributed by atoms with Crippen molar-refractivity contribution in [2.75, 3.05) is 13.1 Å². The van der Waals surface area contributed by atoms with Crippen molar-refractivity contribution >= 4 is 5.96 Å². The molecule has 1 aromatic rings. The first-order valence-electron chi connectivity index (χ1n) is 9.14. The predicted octanol–water partition coefficient (Wildman–Crippen LogP) is 3.92. The standard InChI is InChI=1S/C19H32N4O/c1-5-20-18(21-12-11-15-9-7-6-8-10-15)23-14-17-22-13-16(24-17)19(2,3)4/h9,13H,5-8,10-12,14H2,1-4H3,(H2,20,21,23). The van der Waals surface area contributed by atoms with Crippen LogP contribution in [0.4, 0.5) is 0 Å². The summed E-state index contributed by atoms with van der Waals surface area (Å²) in [5, 5.41) is 6.68. The minimum absolute atomic E-state index is 0.0224. The molecular weight excluding hydrogens is 300 g/mol. The minimum Gasteiger partial charge on any atom is -0.443 e.